The summed E-state index contributed by atoms with van der Waals surface area (Å²) in [6, 6.07) is 10.2. The van der Waals surface area contributed by atoms with Gasteiger partial charge in [0.15, 0.2) is 0 Å². The largest absolute Gasteiger partial charge is 0.338 e. The van der Waals surface area contributed by atoms with Crippen LogP contribution in [0.25, 0.3) is 0 Å². The summed E-state index contributed by atoms with van der Waals surface area (Å²) in [5.74, 6) is 0.805. The molecule has 0 heterocycles. The molecule has 0 saturated heterocycles. The molecule has 19 heavy (non-hydrogen) atoms. The Morgan fingerprint density at radius 2 is 2.05 bits per heavy atom. The van der Waals surface area contributed by atoms with Crippen molar-refractivity contribution in [3.05, 3.63) is 35.9 Å². The number of nitrogens with two attached hydrogens (primary N) is 1. The summed E-state index contributed by atoms with van der Waals surface area (Å²) in [7, 11) is 0. The summed E-state index contributed by atoms with van der Waals surface area (Å²) in [6.07, 6.45) is 3.83. The highest BCUT2D eigenvalue weighted by Crippen LogP contribution is 2.28. The van der Waals surface area contributed by atoms with Crippen LogP contribution in [0.2, 0.25) is 0 Å². The van der Waals surface area contributed by atoms with Crippen molar-refractivity contribution in [3.63, 3.8) is 0 Å². The highest BCUT2D eigenvalue weighted by Gasteiger charge is 2.25. The lowest BCUT2D eigenvalue weighted by atomic mass is 9.85. The van der Waals surface area contributed by atoms with Gasteiger partial charge in [0.05, 0.1) is 0 Å². The van der Waals surface area contributed by atoms with E-state index in [0.29, 0.717) is 19.0 Å². The standard InChI is InChI=1S/C16H24N2O/c1-13(10-17)16(19)18(12-15-8-5-9-15)11-14-6-3-2-4-7-14/h2-4,6-7,13,15H,5,8-12,17H2,1H3. The summed E-state index contributed by atoms with van der Waals surface area (Å²) in [5, 5.41) is 0. The number of carbonyl (C=O) groups is 1. The van der Waals surface area contributed by atoms with Crippen LogP contribution >= 0.6 is 0 Å². The van der Waals surface area contributed by atoms with Crippen LogP contribution in [0, 0.1) is 11.8 Å². The summed E-state index contributed by atoms with van der Waals surface area (Å²) >= 11 is 0. The molecule has 1 unspecified atom stereocenters. The first kappa shape index (κ1) is 14.1. The smallest absolute Gasteiger partial charge is 0.226 e. The average molecular weight is 260 g/mol. The molecule has 3 nitrogen and oxygen atoms in total. The van der Waals surface area contributed by atoms with Crippen molar-refractivity contribution < 1.29 is 4.79 Å². The van der Waals surface area contributed by atoms with Crippen molar-refractivity contribution in [3.8, 4) is 0 Å². The molecule has 1 aliphatic carbocycles. The molecule has 2 rings (SSSR count). The number of benzene rings is 1. The van der Waals surface area contributed by atoms with Crippen LogP contribution < -0.4 is 5.73 Å². The summed E-state index contributed by atoms with van der Waals surface area (Å²) in [4.78, 5) is 14.4. The van der Waals surface area contributed by atoms with Gasteiger partial charge in [-0.05, 0) is 24.3 Å². The lowest BCUT2D eigenvalue weighted by Crippen LogP contribution is -2.41. The predicted octanol–water partition coefficient (Wildman–Crippen LogP) is 2.41. The van der Waals surface area contributed by atoms with E-state index in [9.17, 15) is 4.79 Å². The van der Waals surface area contributed by atoms with E-state index in [1.54, 1.807) is 0 Å². The fourth-order valence-corrected chi connectivity index (χ4v) is 2.44. The zero-order valence-corrected chi connectivity index (χ0v) is 11.7. The summed E-state index contributed by atoms with van der Waals surface area (Å²) in [5.41, 5.74) is 6.83. The van der Waals surface area contributed by atoms with Gasteiger partial charge in [0.25, 0.3) is 0 Å². The molecule has 0 aromatic heterocycles. The highest BCUT2D eigenvalue weighted by atomic mass is 16.2. The normalized spacial score (nSPS) is 16.7. The van der Waals surface area contributed by atoms with Crippen LogP contribution in [0.15, 0.2) is 30.3 Å². The van der Waals surface area contributed by atoms with Crippen molar-refractivity contribution in [2.24, 2.45) is 17.6 Å². The number of rotatable bonds is 6. The highest BCUT2D eigenvalue weighted by molar-refractivity contribution is 5.78. The maximum Gasteiger partial charge on any atom is 0.226 e. The fraction of sp³-hybridized carbons (Fsp3) is 0.562. The van der Waals surface area contributed by atoms with Crippen LogP contribution in [0.5, 0.6) is 0 Å². The molecule has 0 radical (unpaired) electrons. The average Bonchev–Trinajstić information content (AvgIpc) is 2.40. The second-order valence-corrected chi connectivity index (χ2v) is 5.64. The van der Waals surface area contributed by atoms with Gasteiger partial charge in [-0.15, -0.1) is 0 Å². The monoisotopic (exact) mass is 260 g/mol. The van der Waals surface area contributed by atoms with Gasteiger partial charge in [0.2, 0.25) is 5.91 Å². The second-order valence-electron chi connectivity index (χ2n) is 5.64. The molecule has 1 aromatic rings. The van der Waals surface area contributed by atoms with Gasteiger partial charge in [0, 0.05) is 25.6 Å². The molecule has 0 aliphatic heterocycles. The van der Waals surface area contributed by atoms with Gasteiger partial charge in [-0.25, -0.2) is 0 Å². The second kappa shape index (κ2) is 6.71. The van der Waals surface area contributed by atoms with Crippen LogP contribution in [0.3, 0.4) is 0 Å². The molecule has 1 fully saturated rings. The Balaban J connectivity index is 2.02. The zero-order chi connectivity index (χ0) is 13.7. The Labute approximate surface area is 115 Å². The quantitative estimate of drug-likeness (QED) is 0.853. The minimum Gasteiger partial charge on any atom is -0.338 e. The number of amides is 1. The van der Waals surface area contributed by atoms with E-state index in [1.165, 1.54) is 24.8 Å². The summed E-state index contributed by atoms with van der Waals surface area (Å²) in [6.45, 7) is 3.94. The molecular formula is C16H24N2O. The Kier molecular flexibility index (Phi) is 4.97. The van der Waals surface area contributed by atoms with Gasteiger partial charge in [-0.2, -0.15) is 0 Å². The van der Waals surface area contributed by atoms with Crippen molar-refractivity contribution in [1.82, 2.24) is 4.90 Å². The molecular weight excluding hydrogens is 236 g/mol. The van der Waals surface area contributed by atoms with Gasteiger partial charge < -0.3 is 10.6 Å². The van der Waals surface area contributed by atoms with Crippen molar-refractivity contribution in [1.29, 1.82) is 0 Å². The summed E-state index contributed by atoms with van der Waals surface area (Å²) < 4.78 is 0. The molecule has 1 atom stereocenters. The molecule has 0 spiro atoms. The number of carbonyl (C=O) groups excluding carboxylic acids is 1. The lowest BCUT2D eigenvalue weighted by molar-refractivity contribution is -0.136. The van der Waals surface area contributed by atoms with Gasteiger partial charge in [-0.3, -0.25) is 4.79 Å². The van der Waals surface area contributed by atoms with Crippen molar-refractivity contribution >= 4 is 5.91 Å². The van der Waals surface area contributed by atoms with E-state index in [2.05, 4.69) is 12.1 Å². The lowest BCUT2D eigenvalue weighted by Gasteiger charge is -2.33. The van der Waals surface area contributed by atoms with E-state index in [1.807, 2.05) is 30.0 Å². The molecule has 104 valence electrons. The third-order valence-corrected chi connectivity index (χ3v) is 4.01. The molecule has 1 aliphatic rings. The maximum absolute atomic E-state index is 12.4. The topological polar surface area (TPSA) is 46.3 Å². The Morgan fingerprint density at radius 1 is 1.37 bits per heavy atom. The third-order valence-electron chi connectivity index (χ3n) is 4.01. The van der Waals surface area contributed by atoms with Crippen molar-refractivity contribution in [2.45, 2.75) is 32.7 Å². The molecule has 3 heteroatoms. The minimum atomic E-state index is -0.0798. The molecule has 1 saturated carbocycles. The van der Waals surface area contributed by atoms with E-state index in [0.717, 1.165) is 6.54 Å². The molecule has 2 N–H and O–H groups in total. The van der Waals surface area contributed by atoms with Crippen LogP contribution in [-0.4, -0.2) is 23.9 Å². The van der Waals surface area contributed by atoms with E-state index >= 15 is 0 Å². The predicted molar refractivity (Wildman–Crippen MR) is 77.4 cm³/mol. The Hall–Kier alpha value is -1.35. The fourth-order valence-electron chi connectivity index (χ4n) is 2.44. The molecule has 1 amide bonds. The van der Waals surface area contributed by atoms with Crippen LogP contribution in [0.1, 0.15) is 31.7 Å². The van der Waals surface area contributed by atoms with Crippen LogP contribution in [-0.2, 0) is 11.3 Å². The van der Waals surface area contributed by atoms with E-state index < -0.39 is 0 Å². The first-order chi connectivity index (χ1) is 9.20. The van der Waals surface area contributed by atoms with Gasteiger partial charge in [-0.1, -0.05) is 43.7 Å². The minimum absolute atomic E-state index is 0.0798. The Bertz CT molecular complexity index is 400. The molecule has 0 bridgehead atoms. The first-order valence-electron chi connectivity index (χ1n) is 7.23. The van der Waals surface area contributed by atoms with Crippen molar-refractivity contribution in [2.75, 3.05) is 13.1 Å². The Morgan fingerprint density at radius 3 is 2.58 bits per heavy atom. The SMILES string of the molecule is CC(CN)C(=O)N(Cc1ccccc1)CC1CCC1. The van der Waals surface area contributed by atoms with E-state index in [-0.39, 0.29) is 11.8 Å². The first-order valence-corrected chi connectivity index (χ1v) is 7.23. The van der Waals surface area contributed by atoms with Gasteiger partial charge >= 0.3 is 0 Å². The van der Waals surface area contributed by atoms with Gasteiger partial charge in [0.1, 0.15) is 0 Å². The van der Waals surface area contributed by atoms with E-state index in [4.69, 9.17) is 5.73 Å². The maximum atomic E-state index is 12.4. The zero-order valence-electron chi connectivity index (χ0n) is 11.7. The number of nitrogens with zero attached hydrogens (tertiary/aromatic N) is 1. The number of hydrogen-bond acceptors (Lipinski definition) is 2. The third kappa shape index (κ3) is 3.80. The van der Waals surface area contributed by atoms with Crippen LogP contribution in [0.4, 0.5) is 0 Å². The molecule has 1 aromatic carbocycles. The number of hydrogen-bond donors (Lipinski definition) is 1.